The van der Waals surface area contributed by atoms with Gasteiger partial charge in [-0.3, -0.25) is 29.4 Å². The second kappa shape index (κ2) is 19.7. The number of nitrogens with zero attached hydrogens (tertiary/aromatic N) is 2. The average molecular weight is 566 g/mol. The van der Waals surface area contributed by atoms with Crippen molar-refractivity contribution in [1.29, 1.82) is 5.41 Å². The molecule has 0 bridgehead atoms. The predicted octanol–water partition coefficient (Wildman–Crippen LogP) is 2.74. The van der Waals surface area contributed by atoms with Crippen LogP contribution in [0.3, 0.4) is 0 Å². The van der Waals surface area contributed by atoms with E-state index < -0.39 is 5.91 Å². The highest BCUT2D eigenvalue weighted by Gasteiger charge is 2.30. The molecule has 0 aliphatic carbocycles. The molecular weight excluding hydrogens is 522 g/mol. The molecular formula is C31H43N5O5. The van der Waals surface area contributed by atoms with E-state index in [1.165, 1.54) is 16.7 Å². The lowest BCUT2D eigenvalue weighted by Crippen LogP contribution is -2.54. The normalized spacial score (nSPS) is 13.1. The van der Waals surface area contributed by atoms with Crippen LogP contribution in [0.15, 0.2) is 60.7 Å². The summed E-state index contributed by atoms with van der Waals surface area (Å²) in [5, 5.41) is 8.56. The molecule has 0 aromatic heterocycles. The Labute approximate surface area is 242 Å². The SMILES string of the molecule is CC(=O)CN1CC(=O)N(Cc2ccccc2)CC1=O.CCCCC(C)C(=O)C(=O)NCCc1ccccc1.N=CN. The van der Waals surface area contributed by atoms with Gasteiger partial charge in [0, 0.05) is 19.0 Å². The minimum absolute atomic E-state index is 0.00868. The van der Waals surface area contributed by atoms with Gasteiger partial charge in [-0.25, -0.2) is 0 Å². The van der Waals surface area contributed by atoms with Gasteiger partial charge in [0.25, 0.3) is 5.91 Å². The number of ketones is 2. The number of amides is 3. The molecule has 4 N–H and O–H groups in total. The molecule has 10 heteroatoms. The van der Waals surface area contributed by atoms with Crippen LogP contribution < -0.4 is 11.1 Å². The van der Waals surface area contributed by atoms with Gasteiger partial charge in [0.1, 0.15) is 18.9 Å². The van der Waals surface area contributed by atoms with Crippen molar-refractivity contribution in [1.82, 2.24) is 15.1 Å². The molecule has 1 aliphatic heterocycles. The summed E-state index contributed by atoms with van der Waals surface area (Å²) < 4.78 is 0. The van der Waals surface area contributed by atoms with Crippen LogP contribution in [0.5, 0.6) is 0 Å². The number of hydrogen-bond donors (Lipinski definition) is 3. The van der Waals surface area contributed by atoms with Crippen molar-refractivity contribution >= 4 is 35.6 Å². The van der Waals surface area contributed by atoms with Crippen LogP contribution in [0.1, 0.15) is 51.2 Å². The number of piperazine rings is 1. The van der Waals surface area contributed by atoms with E-state index in [1.807, 2.05) is 67.6 Å². The fourth-order valence-electron chi connectivity index (χ4n) is 3.98. The Kier molecular flexibility index (Phi) is 16.6. The molecule has 0 spiro atoms. The number of carbonyl (C=O) groups excluding carboxylic acids is 5. The molecule has 1 aliphatic rings. The number of carbonyl (C=O) groups is 5. The van der Waals surface area contributed by atoms with Gasteiger partial charge in [0.15, 0.2) is 0 Å². The first-order valence-corrected chi connectivity index (χ1v) is 13.8. The lowest BCUT2D eigenvalue weighted by atomic mass is 9.99. The molecule has 2 aromatic rings. The van der Waals surface area contributed by atoms with Crippen molar-refractivity contribution in [3.63, 3.8) is 0 Å². The summed E-state index contributed by atoms with van der Waals surface area (Å²) in [4.78, 5) is 61.1. The number of nitrogens with two attached hydrogens (primary N) is 1. The van der Waals surface area contributed by atoms with Crippen molar-refractivity contribution in [2.45, 2.75) is 53.0 Å². The lowest BCUT2D eigenvalue weighted by molar-refractivity contribution is -0.151. The van der Waals surface area contributed by atoms with Crippen molar-refractivity contribution in [2.24, 2.45) is 11.7 Å². The van der Waals surface area contributed by atoms with E-state index in [9.17, 15) is 24.0 Å². The Balaban J connectivity index is 0.000000374. The minimum atomic E-state index is -0.445. The zero-order valence-corrected chi connectivity index (χ0v) is 24.3. The van der Waals surface area contributed by atoms with Gasteiger partial charge < -0.3 is 20.9 Å². The van der Waals surface area contributed by atoms with Gasteiger partial charge in [-0.1, -0.05) is 87.4 Å². The first-order valence-electron chi connectivity index (χ1n) is 13.8. The molecule has 10 nitrogen and oxygen atoms in total. The number of rotatable bonds is 12. The van der Waals surface area contributed by atoms with Gasteiger partial charge in [0.2, 0.25) is 17.6 Å². The van der Waals surface area contributed by atoms with E-state index in [2.05, 4.69) is 18.0 Å². The molecule has 0 radical (unpaired) electrons. The van der Waals surface area contributed by atoms with Crippen LogP contribution in [0.4, 0.5) is 0 Å². The molecule has 3 amide bonds. The van der Waals surface area contributed by atoms with Crippen molar-refractivity contribution in [3.05, 3.63) is 71.8 Å². The largest absolute Gasteiger partial charge is 0.390 e. The summed E-state index contributed by atoms with van der Waals surface area (Å²) in [7, 11) is 0. The fraction of sp³-hybridized carbons (Fsp3) is 0.419. The minimum Gasteiger partial charge on any atom is -0.390 e. The quantitative estimate of drug-likeness (QED) is 0.204. The predicted molar refractivity (Wildman–Crippen MR) is 159 cm³/mol. The third-order valence-electron chi connectivity index (χ3n) is 6.19. The number of unbranched alkanes of at least 4 members (excludes halogenated alkanes) is 1. The highest BCUT2D eigenvalue weighted by Crippen LogP contribution is 2.11. The number of nitrogens with one attached hydrogen (secondary N) is 2. The Hall–Kier alpha value is -4.34. The van der Waals surface area contributed by atoms with Gasteiger partial charge in [-0.2, -0.15) is 0 Å². The monoisotopic (exact) mass is 565 g/mol. The maximum Gasteiger partial charge on any atom is 0.287 e. The van der Waals surface area contributed by atoms with E-state index in [1.54, 1.807) is 0 Å². The Morgan fingerprint density at radius 1 is 0.951 bits per heavy atom. The standard InChI is InChI=1S/C16H23NO2.C14H16N2O3.CH4N2/c1-3-4-8-13(2)15(18)16(19)17-12-11-14-9-6-5-7-10-14;1-11(17)7-15-9-14(19)16(10-13(15)18)8-12-5-3-2-4-6-12;2-1-3/h5-7,9-10,13H,3-4,8,11-12H2,1-2H3,(H,17,19);2-6H,7-10H2,1H3;1H,(H3,2,3). The van der Waals surface area contributed by atoms with E-state index in [-0.39, 0.29) is 48.9 Å². The Morgan fingerprint density at radius 3 is 2.00 bits per heavy atom. The van der Waals surface area contributed by atoms with Crippen LogP contribution in [0.25, 0.3) is 0 Å². The molecule has 222 valence electrons. The van der Waals surface area contributed by atoms with Gasteiger partial charge >= 0.3 is 0 Å². The molecule has 1 fully saturated rings. The third-order valence-corrected chi connectivity index (χ3v) is 6.19. The summed E-state index contributed by atoms with van der Waals surface area (Å²) in [6.45, 7) is 6.31. The maximum absolute atomic E-state index is 12.0. The number of benzene rings is 2. The van der Waals surface area contributed by atoms with Crippen molar-refractivity contribution < 1.29 is 24.0 Å². The second-order valence-electron chi connectivity index (χ2n) is 9.75. The average Bonchev–Trinajstić information content (AvgIpc) is 2.95. The lowest BCUT2D eigenvalue weighted by Gasteiger charge is -2.33. The Bertz CT molecular complexity index is 1120. The van der Waals surface area contributed by atoms with Crippen molar-refractivity contribution in [2.75, 3.05) is 26.2 Å². The fourth-order valence-corrected chi connectivity index (χ4v) is 3.98. The van der Waals surface area contributed by atoms with Crippen molar-refractivity contribution in [3.8, 4) is 0 Å². The second-order valence-corrected chi connectivity index (χ2v) is 9.75. The third kappa shape index (κ3) is 14.0. The smallest absolute Gasteiger partial charge is 0.287 e. The topological polar surface area (TPSA) is 154 Å². The zero-order valence-electron chi connectivity index (χ0n) is 24.3. The van der Waals surface area contributed by atoms with Crippen LogP contribution in [-0.2, 0) is 36.9 Å². The molecule has 1 saturated heterocycles. The number of Topliss-reactive ketones (excluding diaryl/α,β-unsaturated/α-hetero) is 2. The molecule has 1 atom stereocenters. The number of hydrogen-bond acceptors (Lipinski definition) is 6. The highest BCUT2D eigenvalue weighted by atomic mass is 16.2. The summed E-state index contributed by atoms with van der Waals surface area (Å²) in [6, 6.07) is 19.4. The summed E-state index contributed by atoms with van der Waals surface area (Å²) in [5.41, 5.74) is 6.54. The van der Waals surface area contributed by atoms with Crippen LogP contribution >= 0.6 is 0 Å². The van der Waals surface area contributed by atoms with Gasteiger partial charge in [0.05, 0.1) is 12.9 Å². The first kappa shape index (κ1) is 34.7. The molecule has 3 rings (SSSR count). The zero-order chi connectivity index (χ0) is 30.6. The summed E-state index contributed by atoms with van der Waals surface area (Å²) in [5.74, 6) is -1.31. The molecule has 0 saturated carbocycles. The molecule has 2 aromatic carbocycles. The van der Waals surface area contributed by atoms with Gasteiger partial charge in [-0.15, -0.1) is 0 Å². The molecule has 41 heavy (non-hydrogen) atoms. The molecule has 1 heterocycles. The summed E-state index contributed by atoms with van der Waals surface area (Å²) in [6.07, 6.45) is 4.34. The maximum atomic E-state index is 12.0. The summed E-state index contributed by atoms with van der Waals surface area (Å²) >= 11 is 0. The van der Waals surface area contributed by atoms with E-state index >= 15 is 0 Å². The molecule has 1 unspecified atom stereocenters. The van der Waals surface area contributed by atoms with Crippen LogP contribution in [0, 0.1) is 11.3 Å². The van der Waals surface area contributed by atoms with Gasteiger partial charge in [-0.05, 0) is 30.9 Å². The highest BCUT2D eigenvalue weighted by molar-refractivity contribution is 6.36. The first-order chi connectivity index (χ1) is 19.6. The van der Waals surface area contributed by atoms with Crippen LogP contribution in [0.2, 0.25) is 0 Å². The van der Waals surface area contributed by atoms with E-state index in [4.69, 9.17) is 5.41 Å². The Morgan fingerprint density at radius 2 is 1.46 bits per heavy atom. The van der Waals surface area contributed by atoms with Crippen LogP contribution in [-0.4, -0.2) is 71.6 Å². The van der Waals surface area contributed by atoms with E-state index in [0.29, 0.717) is 13.1 Å². The van der Waals surface area contributed by atoms with E-state index in [0.717, 1.165) is 43.1 Å².